The average Bonchev–Trinajstić information content (AvgIpc) is 2.42. The van der Waals surface area contributed by atoms with E-state index >= 15 is 0 Å². The summed E-state index contributed by atoms with van der Waals surface area (Å²) in [6.07, 6.45) is 1.45. The minimum atomic E-state index is -0.574. The number of halogens is 1. The Bertz CT molecular complexity index is 519. The highest BCUT2D eigenvalue weighted by molar-refractivity contribution is 5.36. The maximum Gasteiger partial charge on any atom is 0.165 e. The number of benzene rings is 1. The van der Waals surface area contributed by atoms with E-state index in [1.165, 1.54) is 12.3 Å². The number of anilines is 1. The van der Waals surface area contributed by atoms with Gasteiger partial charge in [0.25, 0.3) is 0 Å². The van der Waals surface area contributed by atoms with Crippen LogP contribution in [0.2, 0.25) is 0 Å². The first-order chi connectivity index (χ1) is 9.16. The Labute approximate surface area is 112 Å². The predicted octanol–water partition coefficient (Wildman–Crippen LogP) is 3.14. The Morgan fingerprint density at radius 2 is 1.95 bits per heavy atom. The standard InChI is InChI=1S/C15H17FN2O/c1-11(18-15-13(16)8-5-9-17-15)10-14(19)12-6-3-2-4-7-12/h2-9,11,14,19H,10H2,1H3,(H,17,18)/t11-,14+/m1/s1. The largest absolute Gasteiger partial charge is 0.388 e. The lowest BCUT2D eigenvalue weighted by Crippen LogP contribution is -2.20. The van der Waals surface area contributed by atoms with Gasteiger partial charge in [0.1, 0.15) is 0 Å². The summed E-state index contributed by atoms with van der Waals surface area (Å²) in [5, 5.41) is 13.0. The topological polar surface area (TPSA) is 45.1 Å². The molecule has 3 nitrogen and oxygen atoms in total. The van der Waals surface area contributed by atoms with Crippen LogP contribution < -0.4 is 5.32 Å². The third-order valence-corrected chi connectivity index (χ3v) is 2.90. The smallest absolute Gasteiger partial charge is 0.165 e. The van der Waals surface area contributed by atoms with E-state index in [1.807, 2.05) is 37.3 Å². The van der Waals surface area contributed by atoms with Gasteiger partial charge in [0.2, 0.25) is 0 Å². The van der Waals surface area contributed by atoms with Crippen LogP contribution in [0.3, 0.4) is 0 Å². The molecule has 0 aliphatic carbocycles. The second kappa shape index (κ2) is 6.29. The molecule has 2 N–H and O–H groups in total. The van der Waals surface area contributed by atoms with Crippen LogP contribution in [-0.2, 0) is 0 Å². The van der Waals surface area contributed by atoms with Gasteiger partial charge in [0.15, 0.2) is 11.6 Å². The van der Waals surface area contributed by atoms with Gasteiger partial charge in [-0.25, -0.2) is 9.37 Å². The Hall–Kier alpha value is -1.94. The number of nitrogens with zero attached hydrogens (tertiary/aromatic N) is 1. The van der Waals surface area contributed by atoms with Crippen molar-refractivity contribution in [3.8, 4) is 0 Å². The fourth-order valence-corrected chi connectivity index (χ4v) is 1.93. The van der Waals surface area contributed by atoms with Crippen molar-refractivity contribution in [3.05, 3.63) is 60.0 Å². The van der Waals surface area contributed by atoms with E-state index < -0.39 is 6.10 Å². The highest BCUT2D eigenvalue weighted by atomic mass is 19.1. The predicted molar refractivity (Wildman–Crippen MR) is 73.3 cm³/mol. The van der Waals surface area contributed by atoms with Crippen molar-refractivity contribution in [3.63, 3.8) is 0 Å². The molecule has 0 aliphatic heterocycles. The van der Waals surface area contributed by atoms with Gasteiger partial charge in [0.05, 0.1) is 6.10 Å². The lowest BCUT2D eigenvalue weighted by Gasteiger charge is -2.18. The monoisotopic (exact) mass is 260 g/mol. The molecule has 0 spiro atoms. The Morgan fingerprint density at radius 3 is 2.63 bits per heavy atom. The molecule has 1 heterocycles. The van der Waals surface area contributed by atoms with Crippen LogP contribution in [-0.4, -0.2) is 16.1 Å². The van der Waals surface area contributed by atoms with Gasteiger partial charge in [-0.3, -0.25) is 0 Å². The molecule has 2 atom stereocenters. The number of pyridine rings is 1. The van der Waals surface area contributed by atoms with Crippen LogP contribution in [0.4, 0.5) is 10.2 Å². The third-order valence-electron chi connectivity index (χ3n) is 2.90. The molecule has 0 fully saturated rings. The highest BCUT2D eigenvalue weighted by Crippen LogP contribution is 2.20. The quantitative estimate of drug-likeness (QED) is 0.868. The lowest BCUT2D eigenvalue weighted by atomic mass is 10.0. The summed E-state index contributed by atoms with van der Waals surface area (Å²) >= 11 is 0. The van der Waals surface area contributed by atoms with Gasteiger partial charge in [-0.1, -0.05) is 30.3 Å². The van der Waals surface area contributed by atoms with Crippen LogP contribution in [0.5, 0.6) is 0 Å². The van der Waals surface area contributed by atoms with E-state index in [1.54, 1.807) is 6.07 Å². The van der Waals surface area contributed by atoms with Crippen LogP contribution in [0, 0.1) is 5.82 Å². The zero-order chi connectivity index (χ0) is 13.7. The number of aliphatic hydroxyl groups is 1. The van der Waals surface area contributed by atoms with E-state index in [2.05, 4.69) is 10.3 Å². The van der Waals surface area contributed by atoms with Crippen LogP contribution in [0.1, 0.15) is 25.0 Å². The molecule has 100 valence electrons. The molecule has 0 bridgehead atoms. The lowest BCUT2D eigenvalue weighted by molar-refractivity contribution is 0.162. The average molecular weight is 260 g/mol. The SMILES string of the molecule is C[C@H](C[C@H](O)c1ccccc1)Nc1ncccc1F. The molecular formula is C15H17FN2O. The van der Waals surface area contributed by atoms with E-state index in [0.29, 0.717) is 6.42 Å². The van der Waals surface area contributed by atoms with E-state index in [-0.39, 0.29) is 17.7 Å². The van der Waals surface area contributed by atoms with E-state index in [4.69, 9.17) is 0 Å². The van der Waals surface area contributed by atoms with Crippen molar-refractivity contribution in [1.82, 2.24) is 4.98 Å². The molecule has 1 aromatic carbocycles. The normalized spacial score (nSPS) is 13.8. The molecule has 0 amide bonds. The van der Waals surface area contributed by atoms with Crippen LogP contribution >= 0.6 is 0 Å². The first kappa shape index (κ1) is 13.5. The molecule has 0 unspecified atom stereocenters. The fraction of sp³-hybridized carbons (Fsp3) is 0.267. The second-order valence-corrected chi connectivity index (χ2v) is 4.54. The number of nitrogens with one attached hydrogen (secondary N) is 1. The summed E-state index contributed by atoms with van der Waals surface area (Å²) in [4.78, 5) is 3.93. The van der Waals surface area contributed by atoms with Crippen molar-refractivity contribution in [2.75, 3.05) is 5.32 Å². The number of aromatic nitrogens is 1. The first-order valence-electron chi connectivity index (χ1n) is 6.27. The van der Waals surface area contributed by atoms with Gasteiger partial charge in [0, 0.05) is 12.2 Å². The summed E-state index contributed by atoms with van der Waals surface area (Å²) < 4.78 is 13.4. The maximum atomic E-state index is 13.4. The first-order valence-corrected chi connectivity index (χ1v) is 6.27. The third kappa shape index (κ3) is 3.76. The second-order valence-electron chi connectivity index (χ2n) is 4.54. The highest BCUT2D eigenvalue weighted by Gasteiger charge is 2.13. The molecule has 0 radical (unpaired) electrons. The van der Waals surface area contributed by atoms with Crippen molar-refractivity contribution in [2.45, 2.75) is 25.5 Å². The maximum absolute atomic E-state index is 13.4. The van der Waals surface area contributed by atoms with Crippen molar-refractivity contribution < 1.29 is 9.50 Å². The van der Waals surface area contributed by atoms with Crippen molar-refractivity contribution >= 4 is 5.82 Å². The molecule has 0 saturated carbocycles. The molecule has 2 rings (SSSR count). The van der Waals surface area contributed by atoms with Gasteiger partial charge >= 0.3 is 0 Å². The Balaban J connectivity index is 1.95. The van der Waals surface area contributed by atoms with Gasteiger partial charge in [-0.05, 0) is 31.0 Å². The Kier molecular flexibility index (Phi) is 4.47. The van der Waals surface area contributed by atoms with Crippen molar-refractivity contribution in [1.29, 1.82) is 0 Å². The molecule has 19 heavy (non-hydrogen) atoms. The van der Waals surface area contributed by atoms with E-state index in [9.17, 15) is 9.50 Å². The summed E-state index contributed by atoms with van der Waals surface area (Å²) in [6.45, 7) is 1.89. The minimum absolute atomic E-state index is 0.0837. The van der Waals surface area contributed by atoms with E-state index in [0.717, 1.165) is 5.56 Å². The Morgan fingerprint density at radius 1 is 1.21 bits per heavy atom. The zero-order valence-corrected chi connectivity index (χ0v) is 10.8. The number of aliphatic hydroxyl groups excluding tert-OH is 1. The van der Waals surface area contributed by atoms with Gasteiger partial charge < -0.3 is 10.4 Å². The van der Waals surface area contributed by atoms with Crippen molar-refractivity contribution in [2.24, 2.45) is 0 Å². The summed E-state index contributed by atoms with van der Waals surface area (Å²) in [7, 11) is 0. The summed E-state index contributed by atoms with van der Waals surface area (Å²) in [5.41, 5.74) is 0.859. The van der Waals surface area contributed by atoms with Crippen LogP contribution in [0.25, 0.3) is 0 Å². The fourth-order valence-electron chi connectivity index (χ4n) is 1.93. The zero-order valence-electron chi connectivity index (χ0n) is 10.8. The molecule has 0 aliphatic rings. The minimum Gasteiger partial charge on any atom is -0.388 e. The molecule has 0 saturated heterocycles. The molecule has 1 aromatic heterocycles. The van der Waals surface area contributed by atoms with Gasteiger partial charge in [-0.2, -0.15) is 0 Å². The number of hydrogen-bond acceptors (Lipinski definition) is 3. The molecular weight excluding hydrogens is 243 g/mol. The molecule has 4 heteroatoms. The summed E-state index contributed by atoms with van der Waals surface area (Å²) in [5.74, 6) is -0.168. The molecule has 2 aromatic rings. The number of rotatable bonds is 5. The van der Waals surface area contributed by atoms with Crippen LogP contribution in [0.15, 0.2) is 48.7 Å². The summed E-state index contributed by atoms with van der Waals surface area (Å²) in [6, 6.07) is 12.2. The number of hydrogen-bond donors (Lipinski definition) is 2. The van der Waals surface area contributed by atoms with Gasteiger partial charge in [-0.15, -0.1) is 0 Å².